The van der Waals surface area contributed by atoms with Crippen molar-refractivity contribution < 1.29 is 30.0 Å². The Kier molecular flexibility index (Phi) is 5.04. The van der Waals surface area contributed by atoms with Gasteiger partial charge in [0.15, 0.2) is 9.84 Å². The summed E-state index contributed by atoms with van der Waals surface area (Å²) in [6.07, 6.45) is -4.81. The zero-order valence-corrected chi connectivity index (χ0v) is 14.7. The summed E-state index contributed by atoms with van der Waals surface area (Å²) in [6.45, 7) is 2.82. The van der Waals surface area contributed by atoms with Gasteiger partial charge in [0.25, 0.3) is 0 Å². The van der Waals surface area contributed by atoms with E-state index in [1.807, 2.05) is 0 Å². The predicted molar refractivity (Wildman–Crippen MR) is 82.6 cm³/mol. The molecule has 1 aromatic rings. The molecule has 0 bridgehead atoms. The molecule has 0 saturated carbocycles. The van der Waals surface area contributed by atoms with E-state index in [1.165, 1.54) is 6.07 Å². The molecular formula is C14H18F3NO4S2. The molecule has 0 aliphatic carbocycles. The van der Waals surface area contributed by atoms with Crippen molar-refractivity contribution >= 4 is 19.9 Å². The number of alkyl halides is 3. The molecule has 1 saturated heterocycles. The molecule has 24 heavy (non-hydrogen) atoms. The number of rotatable bonds is 5. The lowest BCUT2D eigenvalue weighted by atomic mass is 10.2. The molecule has 0 spiro atoms. The maximum Gasteiger partial charge on any atom is 0.417 e. The van der Waals surface area contributed by atoms with Gasteiger partial charge in [-0.25, -0.2) is 16.8 Å². The van der Waals surface area contributed by atoms with Crippen LogP contribution in [0, 0.1) is 5.92 Å². The zero-order chi connectivity index (χ0) is 18.3. The number of hydrogen-bond donors (Lipinski definition) is 0. The third kappa shape index (κ3) is 3.75. The van der Waals surface area contributed by atoms with Crippen LogP contribution in [0.1, 0.15) is 19.4 Å². The fraction of sp³-hybridized carbons (Fsp3) is 0.571. The molecule has 0 unspecified atom stereocenters. The second kappa shape index (κ2) is 6.30. The van der Waals surface area contributed by atoms with Gasteiger partial charge < -0.3 is 0 Å². The smallest absolute Gasteiger partial charge is 0.228 e. The van der Waals surface area contributed by atoms with Crippen LogP contribution in [-0.2, 0) is 26.0 Å². The Bertz CT molecular complexity index is 811. The maximum atomic E-state index is 13.0. The van der Waals surface area contributed by atoms with Crippen molar-refractivity contribution in [1.82, 2.24) is 4.31 Å². The summed E-state index contributed by atoms with van der Waals surface area (Å²) in [4.78, 5) is -0.850. The highest BCUT2D eigenvalue weighted by Gasteiger charge is 2.46. The third-order valence-corrected chi connectivity index (χ3v) is 8.03. The molecule has 136 valence electrons. The van der Waals surface area contributed by atoms with Gasteiger partial charge in [-0.2, -0.15) is 17.5 Å². The van der Waals surface area contributed by atoms with Crippen molar-refractivity contribution in [2.24, 2.45) is 5.92 Å². The van der Waals surface area contributed by atoms with Crippen molar-refractivity contribution in [2.45, 2.75) is 30.2 Å². The molecule has 5 nitrogen and oxygen atoms in total. The lowest BCUT2D eigenvalue weighted by Crippen LogP contribution is -2.57. The Morgan fingerprint density at radius 3 is 2.17 bits per heavy atom. The van der Waals surface area contributed by atoms with Gasteiger partial charge in [0.05, 0.1) is 21.5 Å². The monoisotopic (exact) mass is 385 g/mol. The molecule has 0 atom stereocenters. The van der Waals surface area contributed by atoms with E-state index in [9.17, 15) is 30.0 Å². The second-order valence-corrected chi connectivity index (χ2v) is 10.4. The summed E-state index contributed by atoms with van der Waals surface area (Å²) in [5.41, 5.74) is -1.25. The fourth-order valence-electron chi connectivity index (χ4n) is 2.49. The van der Waals surface area contributed by atoms with Gasteiger partial charge in [-0.3, -0.25) is 0 Å². The van der Waals surface area contributed by atoms with E-state index in [1.54, 1.807) is 13.8 Å². The molecule has 1 aliphatic heterocycles. The van der Waals surface area contributed by atoms with E-state index in [4.69, 9.17) is 0 Å². The second-order valence-electron chi connectivity index (χ2n) is 6.16. The van der Waals surface area contributed by atoms with Crippen molar-refractivity contribution in [2.75, 3.05) is 18.8 Å². The Labute approximate surface area is 139 Å². The lowest BCUT2D eigenvalue weighted by molar-refractivity contribution is -0.139. The average Bonchev–Trinajstić information content (AvgIpc) is 2.33. The number of halogens is 3. The maximum absolute atomic E-state index is 13.0. The minimum Gasteiger partial charge on any atom is -0.228 e. The standard InChI is InChI=1S/C14H18F3NO4S2/c1-10(2)9-23(19,20)11-7-18(8-11)24(21,22)13-6-4-3-5-12(13)14(15,16)17/h3-6,10-11H,7-9H2,1-2H3. The topological polar surface area (TPSA) is 71.5 Å². The first-order valence-corrected chi connectivity index (χ1v) is 10.4. The van der Waals surface area contributed by atoms with Gasteiger partial charge in [0, 0.05) is 13.1 Å². The highest BCUT2D eigenvalue weighted by atomic mass is 32.2. The number of nitrogens with zero attached hydrogens (tertiary/aromatic N) is 1. The lowest BCUT2D eigenvalue weighted by Gasteiger charge is -2.38. The van der Waals surface area contributed by atoms with E-state index in [0.717, 1.165) is 16.4 Å². The highest BCUT2D eigenvalue weighted by Crippen LogP contribution is 2.36. The van der Waals surface area contributed by atoms with Crippen LogP contribution in [0.15, 0.2) is 29.2 Å². The highest BCUT2D eigenvalue weighted by molar-refractivity contribution is 7.92. The van der Waals surface area contributed by atoms with Crippen LogP contribution in [0.5, 0.6) is 0 Å². The Hall–Kier alpha value is -1.13. The van der Waals surface area contributed by atoms with E-state index in [0.29, 0.717) is 6.07 Å². The van der Waals surface area contributed by atoms with Crippen molar-refractivity contribution in [3.63, 3.8) is 0 Å². The summed E-state index contributed by atoms with van der Waals surface area (Å²) in [6, 6.07) is 3.89. The van der Waals surface area contributed by atoms with Crippen LogP contribution in [0.3, 0.4) is 0 Å². The number of sulfone groups is 1. The van der Waals surface area contributed by atoms with Crippen molar-refractivity contribution in [1.29, 1.82) is 0 Å². The molecule has 0 radical (unpaired) electrons. The van der Waals surface area contributed by atoms with Gasteiger partial charge in [0.2, 0.25) is 10.0 Å². The van der Waals surface area contributed by atoms with Gasteiger partial charge in [-0.05, 0) is 18.1 Å². The minimum atomic E-state index is -4.81. The Morgan fingerprint density at radius 1 is 1.12 bits per heavy atom. The number of benzene rings is 1. The van der Waals surface area contributed by atoms with Crippen LogP contribution in [0.25, 0.3) is 0 Å². The van der Waals surface area contributed by atoms with E-state index >= 15 is 0 Å². The van der Waals surface area contributed by atoms with Crippen LogP contribution < -0.4 is 0 Å². The minimum absolute atomic E-state index is 0.0787. The summed E-state index contributed by atoms with van der Waals surface area (Å²) >= 11 is 0. The predicted octanol–water partition coefficient (Wildman–Crippen LogP) is 2.15. The fourth-order valence-corrected chi connectivity index (χ4v) is 6.44. The Balaban J connectivity index is 2.24. The van der Waals surface area contributed by atoms with Crippen LogP contribution in [0.4, 0.5) is 13.2 Å². The number of hydrogen-bond acceptors (Lipinski definition) is 4. The molecule has 1 aromatic carbocycles. The van der Waals surface area contributed by atoms with E-state index < -0.39 is 41.7 Å². The van der Waals surface area contributed by atoms with Gasteiger partial charge >= 0.3 is 6.18 Å². The molecule has 1 heterocycles. The molecular weight excluding hydrogens is 367 g/mol. The summed E-state index contributed by atoms with van der Waals surface area (Å²) in [5, 5.41) is -0.868. The summed E-state index contributed by atoms with van der Waals surface area (Å²) < 4.78 is 88.7. The molecule has 2 rings (SSSR count). The van der Waals surface area contributed by atoms with Gasteiger partial charge in [-0.15, -0.1) is 0 Å². The van der Waals surface area contributed by atoms with Crippen LogP contribution in [0.2, 0.25) is 0 Å². The average molecular weight is 385 g/mol. The molecule has 0 N–H and O–H groups in total. The molecule has 1 fully saturated rings. The first-order chi connectivity index (χ1) is 10.9. The molecule has 10 heteroatoms. The quantitative estimate of drug-likeness (QED) is 0.779. The first kappa shape index (κ1) is 19.2. The zero-order valence-electron chi connectivity index (χ0n) is 13.1. The SMILES string of the molecule is CC(C)CS(=O)(=O)C1CN(S(=O)(=O)c2ccccc2C(F)(F)F)C1. The van der Waals surface area contributed by atoms with Crippen LogP contribution >= 0.6 is 0 Å². The van der Waals surface area contributed by atoms with E-state index in [2.05, 4.69) is 0 Å². The third-order valence-electron chi connectivity index (χ3n) is 3.70. The van der Waals surface area contributed by atoms with Crippen molar-refractivity contribution in [3.8, 4) is 0 Å². The molecule has 0 aromatic heterocycles. The largest absolute Gasteiger partial charge is 0.417 e. The van der Waals surface area contributed by atoms with Gasteiger partial charge in [-0.1, -0.05) is 26.0 Å². The first-order valence-electron chi connectivity index (χ1n) is 7.23. The summed E-state index contributed by atoms with van der Waals surface area (Å²) in [7, 11) is -7.85. The molecule has 1 aliphatic rings. The number of sulfonamides is 1. The van der Waals surface area contributed by atoms with E-state index in [-0.39, 0.29) is 24.8 Å². The van der Waals surface area contributed by atoms with Crippen molar-refractivity contribution in [3.05, 3.63) is 29.8 Å². The normalized spacial score (nSPS) is 17.9. The Morgan fingerprint density at radius 2 is 1.67 bits per heavy atom. The van der Waals surface area contributed by atoms with Gasteiger partial charge in [0.1, 0.15) is 0 Å². The molecule has 0 amide bonds. The summed E-state index contributed by atoms with van der Waals surface area (Å²) in [5.74, 6) is -0.184. The van der Waals surface area contributed by atoms with Crippen LogP contribution in [-0.4, -0.2) is 45.2 Å².